The van der Waals surface area contributed by atoms with E-state index in [2.05, 4.69) is 29.8 Å². The Hall–Kier alpha value is -0.600. The second-order valence-electron chi connectivity index (χ2n) is 5.01. The molecule has 0 spiro atoms. The summed E-state index contributed by atoms with van der Waals surface area (Å²) in [7, 11) is 0. The van der Waals surface area contributed by atoms with E-state index in [9.17, 15) is 0 Å². The Bertz CT molecular complexity index is 348. The minimum atomic E-state index is 0.650. The zero-order chi connectivity index (χ0) is 11.5. The van der Waals surface area contributed by atoms with Gasteiger partial charge >= 0.3 is 0 Å². The van der Waals surface area contributed by atoms with Gasteiger partial charge in [-0.05, 0) is 24.8 Å². The molecule has 1 aliphatic carbocycles. The molecule has 0 radical (unpaired) electrons. The van der Waals surface area contributed by atoms with E-state index in [1.807, 2.05) is 6.07 Å². The fraction of sp³-hybridized carbons (Fsp3) is 0.615. The van der Waals surface area contributed by atoms with Gasteiger partial charge in [-0.15, -0.1) is 0 Å². The van der Waals surface area contributed by atoms with Crippen molar-refractivity contribution in [1.29, 1.82) is 0 Å². The Balaban J connectivity index is 2.02. The van der Waals surface area contributed by atoms with Crippen molar-refractivity contribution in [2.45, 2.75) is 39.3 Å². The van der Waals surface area contributed by atoms with E-state index in [0.29, 0.717) is 11.1 Å². The highest BCUT2D eigenvalue weighted by molar-refractivity contribution is 6.30. The monoisotopic (exact) mass is 238 g/mol. The lowest BCUT2D eigenvalue weighted by atomic mass is 10.2. The molecule has 0 unspecified atom stereocenters. The van der Waals surface area contributed by atoms with E-state index >= 15 is 0 Å². The third-order valence-electron chi connectivity index (χ3n) is 2.87. The molecule has 1 saturated carbocycles. The molecular formula is C13H19ClN2. The SMILES string of the molecule is CC(C)CN(Cc1cccnc1Cl)C1CC1. The Morgan fingerprint density at radius 2 is 2.25 bits per heavy atom. The van der Waals surface area contributed by atoms with Crippen LogP contribution in [-0.2, 0) is 6.54 Å². The molecule has 2 rings (SSSR count). The molecule has 3 heteroatoms. The van der Waals surface area contributed by atoms with Crippen LogP contribution in [0.2, 0.25) is 5.15 Å². The van der Waals surface area contributed by atoms with Gasteiger partial charge in [0.2, 0.25) is 0 Å². The molecule has 0 N–H and O–H groups in total. The van der Waals surface area contributed by atoms with Gasteiger partial charge in [-0.3, -0.25) is 4.90 Å². The minimum absolute atomic E-state index is 0.650. The fourth-order valence-corrected chi connectivity index (χ4v) is 2.19. The van der Waals surface area contributed by atoms with Gasteiger partial charge in [-0.1, -0.05) is 31.5 Å². The van der Waals surface area contributed by atoms with Crippen LogP contribution < -0.4 is 0 Å². The molecule has 0 atom stereocenters. The standard InChI is InChI=1S/C13H19ClN2/c1-10(2)8-16(12-5-6-12)9-11-4-3-7-15-13(11)14/h3-4,7,10,12H,5-6,8-9H2,1-2H3. The third kappa shape index (κ3) is 3.19. The van der Waals surface area contributed by atoms with Crippen molar-refractivity contribution >= 4 is 11.6 Å². The van der Waals surface area contributed by atoms with Crippen molar-refractivity contribution in [1.82, 2.24) is 9.88 Å². The minimum Gasteiger partial charge on any atom is -0.296 e. The maximum absolute atomic E-state index is 6.09. The zero-order valence-electron chi connectivity index (χ0n) is 9.99. The van der Waals surface area contributed by atoms with Crippen molar-refractivity contribution in [2.24, 2.45) is 5.92 Å². The second-order valence-corrected chi connectivity index (χ2v) is 5.37. The van der Waals surface area contributed by atoms with Crippen molar-refractivity contribution in [2.75, 3.05) is 6.54 Å². The Kier molecular flexibility index (Phi) is 3.82. The molecule has 0 aromatic carbocycles. The number of hydrogen-bond acceptors (Lipinski definition) is 2. The van der Waals surface area contributed by atoms with Gasteiger partial charge in [0, 0.05) is 30.9 Å². The predicted octanol–water partition coefficient (Wildman–Crippen LogP) is 3.36. The summed E-state index contributed by atoms with van der Waals surface area (Å²) in [5.74, 6) is 0.705. The summed E-state index contributed by atoms with van der Waals surface area (Å²) < 4.78 is 0. The summed E-state index contributed by atoms with van der Waals surface area (Å²) in [6.45, 7) is 6.62. The van der Waals surface area contributed by atoms with Gasteiger partial charge in [-0.25, -0.2) is 4.98 Å². The lowest BCUT2D eigenvalue weighted by Gasteiger charge is -2.24. The molecule has 2 nitrogen and oxygen atoms in total. The number of rotatable bonds is 5. The number of pyridine rings is 1. The van der Waals surface area contributed by atoms with E-state index < -0.39 is 0 Å². The van der Waals surface area contributed by atoms with Crippen LogP contribution in [0.25, 0.3) is 0 Å². The van der Waals surface area contributed by atoms with Crippen LogP contribution in [0.5, 0.6) is 0 Å². The first kappa shape index (κ1) is 11.9. The average molecular weight is 239 g/mol. The van der Waals surface area contributed by atoms with Gasteiger partial charge in [0.1, 0.15) is 5.15 Å². The van der Waals surface area contributed by atoms with Crippen LogP contribution in [0.4, 0.5) is 0 Å². The van der Waals surface area contributed by atoms with Crippen molar-refractivity contribution < 1.29 is 0 Å². The first-order valence-electron chi connectivity index (χ1n) is 6.00. The molecular weight excluding hydrogens is 220 g/mol. The molecule has 88 valence electrons. The summed E-state index contributed by atoms with van der Waals surface area (Å²) in [4.78, 5) is 6.67. The summed E-state index contributed by atoms with van der Waals surface area (Å²) in [5.41, 5.74) is 1.15. The predicted molar refractivity (Wildman–Crippen MR) is 67.5 cm³/mol. The molecule has 1 aromatic rings. The second kappa shape index (κ2) is 5.15. The molecule has 0 aliphatic heterocycles. The van der Waals surface area contributed by atoms with Crippen LogP contribution in [0.3, 0.4) is 0 Å². The van der Waals surface area contributed by atoms with Gasteiger partial charge in [0.05, 0.1) is 0 Å². The highest BCUT2D eigenvalue weighted by Gasteiger charge is 2.29. The normalized spacial score (nSPS) is 16.1. The van der Waals surface area contributed by atoms with Crippen LogP contribution >= 0.6 is 11.6 Å². The first-order chi connectivity index (χ1) is 7.66. The number of hydrogen-bond donors (Lipinski definition) is 0. The Morgan fingerprint density at radius 1 is 1.50 bits per heavy atom. The van der Waals surface area contributed by atoms with Crippen molar-refractivity contribution in [3.05, 3.63) is 29.0 Å². The Morgan fingerprint density at radius 3 is 2.81 bits per heavy atom. The zero-order valence-corrected chi connectivity index (χ0v) is 10.7. The highest BCUT2D eigenvalue weighted by atomic mass is 35.5. The summed E-state index contributed by atoms with van der Waals surface area (Å²) in [6.07, 6.45) is 4.42. The van der Waals surface area contributed by atoms with E-state index in [4.69, 9.17) is 11.6 Å². The van der Waals surface area contributed by atoms with E-state index in [-0.39, 0.29) is 0 Å². The van der Waals surface area contributed by atoms with Gasteiger partial charge < -0.3 is 0 Å². The van der Waals surface area contributed by atoms with Gasteiger partial charge in [0.15, 0.2) is 0 Å². The highest BCUT2D eigenvalue weighted by Crippen LogP contribution is 2.29. The van der Waals surface area contributed by atoms with Gasteiger partial charge in [-0.2, -0.15) is 0 Å². The molecule has 1 heterocycles. The fourth-order valence-electron chi connectivity index (χ4n) is 2.01. The molecule has 1 aliphatic rings. The topological polar surface area (TPSA) is 16.1 Å². The quantitative estimate of drug-likeness (QED) is 0.732. The maximum Gasteiger partial charge on any atom is 0.133 e. The lowest BCUT2D eigenvalue weighted by molar-refractivity contribution is 0.226. The third-order valence-corrected chi connectivity index (χ3v) is 3.21. The maximum atomic E-state index is 6.09. The molecule has 0 bridgehead atoms. The summed E-state index contributed by atoms with van der Waals surface area (Å²) in [5, 5.41) is 0.650. The van der Waals surface area contributed by atoms with Crippen molar-refractivity contribution in [3.8, 4) is 0 Å². The molecule has 1 fully saturated rings. The molecule has 16 heavy (non-hydrogen) atoms. The molecule has 1 aromatic heterocycles. The summed E-state index contributed by atoms with van der Waals surface area (Å²) >= 11 is 6.09. The Labute approximate surface area is 103 Å². The van der Waals surface area contributed by atoms with E-state index in [1.54, 1.807) is 6.20 Å². The number of aromatic nitrogens is 1. The van der Waals surface area contributed by atoms with Crippen LogP contribution in [0, 0.1) is 5.92 Å². The average Bonchev–Trinajstić information content (AvgIpc) is 3.03. The number of halogens is 1. The lowest BCUT2D eigenvalue weighted by Crippen LogP contribution is -2.29. The molecule has 0 amide bonds. The molecule has 0 saturated heterocycles. The smallest absolute Gasteiger partial charge is 0.133 e. The van der Waals surface area contributed by atoms with Crippen LogP contribution in [-0.4, -0.2) is 22.5 Å². The van der Waals surface area contributed by atoms with E-state index in [1.165, 1.54) is 12.8 Å². The first-order valence-corrected chi connectivity index (χ1v) is 6.38. The largest absolute Gasteiger partial charge is 0.296 e. The van der Waals surface area contributed by atoms with Crippen LogP contribution in [0.15, 0.2) is 18.3 Å². The summed E-state index contributed by atoms with van der Waals surface area (Å²) in [6, 6.07) is 4.81. The van der Waals surface area contributed by atoms with Crippen molar-refractivity contribution in [3.63, 3.8) is 0 Å². The number of nitrogens with zero attached hydrogens (tertiary/aromatic N) is 2. The van der Waals surface area contributed by atoms with Gasteiger partial charge in [0.25, 0.3) is 0 Å². The van der Waals surface area contributed by atoms with Crippen LogP contribution in [0.1, 0.15) is 32.3 Å². The van der Waals surface area contributed by atoms with E-state index in [0.717, 1.165) is 24.7 Å².